The van der Waals surface area contributed by atoms with Crippen LogP contribution in [0, 0.1) is 0 Å². The number of benzene rings is 3. The molecule has 0 aliphatic heterocycles. The van der Waals surface area contributed by atoms with Gasteiger partial charge in [-0.3, -0.25) is 0 Å². The van der Waals surface area contributed by atoms with Gasteiger partial charge in [-0.25, -0.2) is 4.98 Å². The van der Waals surface area contributed by atoms with Crippen molar-refractivity contribution in [2.45, 2.75) is 17.9 Å². The summed E-state index contributed by atoms with van der Waals surface area (Å²) in [5, 5.41) is 12.6. The third-order valence-corrected chi connectivity index (χ3v) is 6.31. The SMILES string of the molecule is COc1ncc(-c2ccccc2)cc1C(c1ccccc1)C(O)(CCN(C)C)c1ccccc1. The molecule has 0 aliphatic carbocycles. The molecule has 1 aromatic heterocycles. The zero-order chi connectivity index (χ0) is 24.0. The van der Waals surface area contributed by atoms with Gasteiger partial charge in [0.25, 0.3) is 0 Å². The third-order valence-electron chi connectivity index (χ3n) is 6.31. The van der Waals surface area contributed by atoms with Crippen LogP contribution in [-0.4, -0.2) is 42.7 Å². The van der Waals surface area contributed by atoms with Crippen molar-refractivity contribution in [2.24, 2.45) is 0 Å². The van der Waals surface area contributed by atoms with Crippen LogP contribution in [0.3, 0.4) is 0 Å². The van der Waals surface area contributed by atoms with E-state index in [1.54, 1.807) is 7.11 Å². The highest BCUT2D eigenvalue weighted by atomic mass is 16.5. The molecule has 4 aromatic rings. The van der Waals surface area contributed by atoms with E-state index < -0.39 is 5.60 Å². The summed E-state index contributed by atoms with van der Waals surface area (Å²) in [6.45, 7) is 0.725. The number of hydrogen-bond acceptors (Lipinski definition) is 4. The molecular weight excluding hydrogens is 420 g/mol. The predicted molar refractivity (Wildman–Crippen MR) is 138 cm³/mol. The fourth-order valence-electron chi connectivity index (χ4n) is 4.57. The van der Waals surface area contributed by atoms with Crippen molar-refractivity contribution < 1.29 is 9.84 Å². The van der Waals surface area contributed by atoms with Crippen molar-refractivity contribution in [3.8, 4) is 17.0 Å². The first-order chi connectivity index (χ1) is 16.5. The number of aliphatic hydroxyl groups is 1. The summed E-state index contributed by atoms with van der Waals surface area (Å²) in [6.07, 6.45) is 2.38. The van der Waals surface area contributed by atoms with Crippen LogP contribution in [0.1, 0.15) is 29.0 Å². The van der Waals surface area contributed by atoms with Gasteiger partial charge in [-0.1, -0.05) is 91.0 Å². The smallest absolute Gasteiger partial charge is 0.217 e. The lowest BCUT2D eigenvalue weighted by molar-refractivity contribution is 0.00377. The number of rotatable bonds is 9. The number of aromatic nitrogens is 1. The molecule has 4 rings (SSSR count). The van der Waals surface area contributed by atoms with Gasteiger partial charge in [-0.2, -0.15) is 0 Å². The van der Waals surface area contributed by atoms with Gasteiger partial charge in [0.1, 0.15) is 5.60 Å². The Morgan fingerprint density at radius 1 is 0.853 bits per heavy atom. The van der Waals surface area contributed by atoms with Crippen molar-refractivity contribution >= 4 is 0 Å². The Balaban J connectivity index is 1.96. The van der Waals surface area contributed by atoms with Crippen LogP contribution in [-0.2, 0) is 5.60 Å². The topological polar surface area (TPSA) is 45.6 Å². The van der Waals surface area contributed by atoms with E-state index in [0.717, 1.165) is 34.4 Å². The molecule has 0 saturated heterocycles. The third kappa shape index (κ3) is 5.04. The lowest BCUT2D eigenvalue weighted by atomic mass is 9.71. The van der Waals surface area contributed by atoms with Crippen LogP contribution < -0.4 is 4.74 Å². The average molecular weight is 453 g/mol. The maximum atomic E-state index is 12.6. The van der Waals surface area contributed by atoms with E-state index in [0.29, 0.717) is 12.3 Å². The molecule has 0 bridgehead atoms. The van der Waals surface area contributed by atoms with Gasteiger partial charge in [-0.05, 0) is 43.3 Å². The number of nitrogens with zero attached hydrogens (tertiary/aromatic N) is 2. The van der Waals surface area contributed by atoms with Gasteiger partial charge in [-0.15, -0.1) is 0 Å². The van der Waals surface area contributed by atoms with Crippen LogP contribution in [0.2, 0.25) is 0 Å². The fraction of sp³-hybridized carbons (Fsp3) is 0.233. The summed E-state index contributed by atoms with van der Waals surface area (Å²) in [5.41, 5.74) is 3.62. The number of pyridine rings is 1. The van der Waals surface area contributed by atoms with E-state index in [2.05, 4.69) is 40.2 Å². The second-order valence-electron chi connectivity index (χ2n) is 8.88. The van der Waals surface area contributed by atoms with E-state index in [4.69, 9.17) is 4.74 Å². The standard InChI is InChI=1S/C30H32N2O2/c1-32(2)20-19-30(33,26-17-11-6-12-18-26)28(24-15-9-5-10-16-24)27-21-25(22-31-29(27)34-3)23-13-7-4-8-14-23/h4-18,21-22,28,33H,19-20H2,1-3H3. The van der Waals surface area contributed by atoms with E-state index in [9.17, 15) is 5.11 Å². The number of hydrogen-bond donors (Lipinski definition) is 1. The molecule has 0 amide bonds. The summed E-state index contributed by atoms with van der Waals surface area (Å²) in [4.78, 5) is 6.78. The summed E-state index contributed by atoms with van der Waals surface area (Å²) >= 11 is 0. The quantitative estimate of drug-likeness (QED) is 0.352. The van der Waals surface area contributed by atoms with Crippen molar-refractivity contribution in [3.63, 3.8) is 0 Å². The van der Waals surface area contributed by atoms with Gasteiger partial charge in [0.2, 0.25) is 5.88 Å². The Morgan fingerprint density at radius 2 is 1.44 bits per heavy atom. The van der Waals surface area contributed by atoms with Gasteiger partial charge in [0, 0.05) is 29.8 Å². The molecule has 0 fully saturated rings. The lowest BCUT2D eigenvalue weighted by Gasteiger charge is -2.39. The average Bonchev–Trinajstić information content (AvgIpc) is 2.89. The van der Waals surface area contributed by atoms with E-state index >= 15 is 0 Å². The molecule has 1 heterocycles. The first-order valence-corrected chi connectivity index (χ1v) is 11.6. The maximum absolute atomic E-state index is 12.6. The van der Waals surface area contributed by atoms with Crippen LogP contribution in [0.25, 0.3) is 11.1 Å². The minimum absolute atomic E-state index is 0.387. The maximum Gasteiger partial charge on any atom is 0.217 e. The number of ether oxygens (including phenoxy) is 1. The van der Waals surface area contributed by atoms with Crippen LogP contribution in [0.15, 0.2) is 103 Å². The fourth-order valence-corrected chi connectivity index (χ4v) is 4.57. The Bertz CT molecular complexity index is 1180. The summed E-state index contributed by atoms with van der Waals surface area (Å²) in [5.74, 6) is 0.134. The molecule has 4 nitrogen and oxygen atoms in total. The van der Waals surface area contributed by atoms with E-state index in [-0.39, 0.29) is 5.92 Å². The minimum Gasteiger partial charge on any atom is -0.481 e. The first kappa shape index (κ1) is 23.7. The highest BCUT2D eigenvalue weighted by Crippen LogP contribution is 2.47. The molecular formula is C30H32N2O2. The highest BCUT2D eigenvalue weighted by Gasteiger charge is 2.42. The lowest BCUT2D eigenvalue weighted by Crippen LogP contribution is -2.37. The molecule has 0 saturated carbocycles. The van der Waals surface area contributed by atoms with Crippen molar-refractivity contribution in [1.29, 1.82) is 0 Å². The van der Waals surface area contributed by atoms with Crippen LogP contribution in [0.4, 0.5) is 0 Å². The van der Waals surface area contributed by atoms with Gasteiger partial charge >= 0.3 is 0 Å². The van der Waals surface area contributed by atoms with E-state index in [1.807, 2.05) is 87.0 Å². The van der Waals surface area contributed by atoms with Crippen molar-refractivity contribution in [2.75, 3.05) is 27.7 Å². The van der Waals surface area contributed by atoms with Gasteiger partial charge in [0.05, 0.1) is 7.11 Å². The van der Waals surface area contributed by atoms with Crippen molar-refractivity contribution in [1.82, 2.24) is 9.88 Å². The summed E-state index contributed by atoms with van der Waals surface area (Å²) in [6, 6.07) is 32.4. The zero-order valence-corrected chi connectivity index (χ0v) is 20.1. The molecule has 3 aromatic carbocycles. The molecule has 4 heteroatoms. The second-order valence-corrected chi connectivity index (χ2v) is 8.88. The van der Waals surface area contributed by atoms with Crippen LogP contribution in [0.5, 0.6) is 5.88 Å². The highest BCUT2D eigenvalue weighted by molar-refractivity contribution is 5.65. The monoisotopic (exact) mass is 452 g/mol. The normalized spacial score (nSPS) is 13.9. The Hall–Kier alpha value is -3.47. The molecule has 2 unspecified atom stereocenters. The second kappa shape index (κ2) is 10.6. The number of methoxy groups -OCH3 is 1. The van der Waals surface area contributed by atoms with Crippen LogP contribution >= 0.6 is 0 Å². The zero-order valence-electron chi connectivity index (χ0n) is 20.1. The van der Waals surface area contributed by atoms with E-state index in [1.165, 1.54) is 0 Å². The molecule has 0 spiro atoms. The summed E-state index contributed by atoms with van der Waals surface area (Å²) < 4.78 is 5.76. The molecule has 0 aliphatic rings. The van der Waals surface area contributed by atoms with Gasteiger partial charge < -0.3 is 14.7 Å². The Kier molecular flexibility index (Phi) is 7.41. The molecule has 1 N–H and O–H groups in total. The molecule has 2 atom stereocenters. The Morgan fingerprint density at radius 3 is 2.03 bits per heavy atom. The largest absolute Gasteiger partial charge is 0.481 e. The molecule has 0 radical (unpaired) electrons. The minimum atomic E-state index is -1.18. The first-order valence-electron chi connectivity index (χ1n) is 11.6. The molecule has 34 heavy (non-hydrogen) atoms. The summed E-state index contributed by atoms with van der Waals surface area (Å²) in [7, 11) is 5.69. The predicted octanol–water partition coefficient (Wildman–Crippen LogP) is 5.73. The van der Waals surface area contributed by atoms with Gasteiger partial charge in [0.15, 0.2) is 0 Å². The Labute approximate surface area is 202 Å². The molecule has 174 valence electrons. The van der Waals surface area contributed by atoms with Crippen molar-refractivity contribution in [3.05, 3.63) is 120 Å².